The molecule has 7 heteroatoms. The lowest BCUT2D eigenvalue weighted by atomic mass is 10.1. The van der Waals surface area contributed by atoms with Crippen LogP contribution in [0.3, 0.4) is 0 Å². The molecule has 0 radical (unpaired) electrons. The molecule has 2 heterocycles. The molecule has 0 fully saturated rings. The summed E-state index contributed by atoms with van der Waals surface area (Å²) in [6.45, 7) is 3.83. The van der Waals surface area contributed by atoms with E-state index in [1.165, 1.54) is 6.26 Å². The minimum absolute atomic E-state index is 0.209. The van der Waals surface area contributed by atoms with Crippen molar-refractivity contribution >= 4 is 11.8 Å². The zero-order valence-electron chi connectivity index (χ0n) is 13.0. The first-order valence-electron chi connectivity index (χ1n) is 7.31. The van der Waals surface area contributed by atoms with Crippen LogP contribution in [0.15, 0.2) is 28.9 Å². The molecule has 2 aromatic heterocycles. The number of hydrogen-bond acceptors (Lipinski definition) is 4. The number of anilines is 1. The maximum atomic E-state index is 12.0. The summed E-state index contributed by atoms with van der Waals surface area (Å²) >= 11 is 0. The summed E-state index contributed by atoms with van der Waals surface area (Å²) in [6.07, 6.45) is 1.95. The van der Waals surface area contributed by atoms with Gasteiger partial charge in [-0.25, -0.2) is 4.79 Å². The first-order valence-corrected chi connectivity index (χ1v) is 7.31. The van der Waals surface area contributed by atoms with E-state index in [1.807, 2.05) is 19.9 Å². The van der Waals surface area contributed by atoms with Crippen molar-refractivity contribution in [3.05, 3.63) is 35.9 Å². The van der Waals surface area contributed by atoms with Crippen LogP contribution in [-0.2, 0) is 13.5 Å². The summed E-state index contributed by atoms with van der Waals surface area (Å²) in [4.78, 5) is 12.0. The number of nitrogens with one attached hydrogen (secondary N) is 2. The van der Waals surface area contributed by atoms with Crippen LogP contribution in [0.25, 0.3) is 0 Å². The van der Waals surface area contributed by atoms with Crippen molar-refractivity contribution in [1.29, 1.82) is 0 Å². The van der Waals surface area contributed by atoms with E-state index in [-0.39, 0.29) is 12.1 Å². The van der Waals surface area contributed by atoms with Gasteiger partial charge in [0.05, 0.1) is 12.0 Å². The Bertz CT molecular complexity index is 606. The monoisotopic (exact) mass is 306 g/mol. The van der Waals surface area contributed by atoms with Crippen molar-refractivity contribution < 1.29 is 14.3 Å². The highest BCUT2D eigenvalue weighted by Crippen LogP contribution is 2.18. The first-order chi connectivity index (χ1) is 10.5. The molecule has 0 bridgehead atoms. The van der Waals surface area contributed by atoms with Gasteiger partial charge >= 0.3 is 6.03 Å². The van der Waals surface area contributed by atoms with E-state index in [2.05, 4.69) is 15.7 Å². The molecule has 0 aliphatic rings. The summed E-state index contributed by atoms with van der Waals surface area (Å²) < 4.78 is 6.76. The number of rotatable bonds is 6. The number of hydrogen-bond donors (Lipinski definition) is 3. The zero-order chi connectivity index (χ0) is 16.1. The second kappa shape index (κ2) is 7.13. The molecule has 2 amide bonds. The molecule has 0 saturated heterocycles. The largest absolute Gasteiger partial charge is 0.467 e. The number of amides is 2. The number of carbonyl (C=O) groups excluding carboxylic acids is 1. The van der Waals surface area contributed by atoms with Crippen molar-refractivity contribution in [3.8, 4) is 0 Å². The van der Waals surface area contributed by atoms with E-state index in [0.717, 1.165) is 12.1 Å². The van der Waals surface area contributed by atoms with Gasteiger partial charge < -0.3 is 14.8 Å². The summed E-state index contributed by atoms with van der Waals surface area (Å²) in [6, 6.07) is 4.72. The molecule has 0 saturated carbocycles. The van der Waals surface area contributed by atoms with Gasteiger partial charge in [0.2, 0.25) is 0 Å². The lowest BCUT2D eigenvalue weighted by Crippen LogP contribution is -2.37. The zero-order valence-corrected chi connectivity index (χ0v) is 13.0. The summed E-state index contributed by atoms with van der Waals surface area (Å²) in [5, 5.41) is 19.8. The molecule has 0 aliphatic heterocycles. The van der Waals surface area contributed by atoms with Gasteiger partial charge in [-0.3, -0.25) is 10.00 Å². The predicted octanol–water partition coefficient (Wildman–Crippen LogP) is 2.21. The number of aliphatic hydroxyl groups is 1. The lowest BCUT2D eigenvalue weighted by Gasteiger charge is -2.17. The minimum Gasteiger partial charge on any atom is -0.467 e. The maximum Gasteiger partial charge on any atom is 0.320 e. The molecule has 0 aliphatic carbocycles. The van der Waals surface area contributed by atoms with Gasteiger partial charge in [-0.05, 0) is 25.5 Å². The van der Waals surface area contributed by atoms with Crippen LogP contribution < -0.4 is 10.6 Å². The van der Waals surface area contributed by atoms with Gasteiger partial charge in [0, 0.05) is 25.6 Å². The average molecular weight is 306 g/mol. The molecule has 2 rings (SSSR count). The van der Waals surface area contributed by atoms with E-state index in [1.54, 1.807) is 23.9 Å². The third kappa shape index (κ3) is 4.11. The van der Waals surface area contributed by atoms with Crippen LogP contribution >= 0.6 is 0 Å². The molecule has 2 atom stereocenters. The Morgan fingerprint density at radius 1 is 1.55 bits per heavy atom. The third-order valence-electron chi connectivity index (χ3n) is 3.36. The molecule has 2 aromatic rings. The number of furan rings is 1. The fraction of sp³-hybridized carbons (Fsp3) is 0.467. The minimum atomic E-state index is -0.742. The summed E-state index contributed by atoms with van der Waals surface area (Å²) in [7, 11) is 1.78. The summed E-state index contributed by atoms with van der Waals surface area (Å²) in [5.74, 6) is 1.13. The molecular weight excluding hydrogens is 284 g/mol. The van der Waals surface area contributed by atoms with Crippen LogP contribution in [0.4, 0.5) is 10.6 Å². The molecule has 120 valence electrons. The number of aliphatic hydroxyl groups excluding tert-OH is 1. The van der Waals surface area contributed by atoms with Gasteiger partial charge in [0.25, 0.3) is 0 Å². The Labute approximate surface area is 129 Å². The fourth-order valence-electron chi connectivity index (χ4n) is 2.18. The normalized spacial score (nSPS) is 13.6. The molecule has 0 aromatic carbocycles. The molecule has 3 N–H and O–H groups in total. The van der Waals surface area contributed by atoms with Gasteiger partial charge in [-0.2, -0.15) is 5.10 Å². The number of nitrogens with zero attached hydrogens (tertiary/aromatic N) is 2. The van der Waals surface area contributed by atoms with Crippen molar-refractivity contribution in [3.63, 3.8) is 0 Å². The fourth-order valence-corrected chi connectivity index (χ4v) is 2.18. The number of urea groups is 1. The standard InChI is InChI=1S/C15H22N4O3/c1-4-11-9-14(19(3)18-11)17-15(21)16-10(2)8-12(20)13-6-5-7-22-13/h5-7,9-10,12,20H,4,8H2,1-3H3,(H2,16,17,21)/t10-,12-/m0/s1. The van der Waals surface area contributed by atoms with Gasteiger partial charge in [-0.15, -0.1) is 0 Å². The number of aromatic nitrogens is 2. The first kappa shape index (κ1) is 16.1. The Kier molecular flexibility index (Phi) is 5.21. The van der Waals surface area contributed by atoms with E-state index in [9.17, 15) is 9.90 Å². The van der Waals surface area contributed by atoms with E-state index in [0.29, 0.717) is 18.0 Å². The Morgan fingerprint density at radius 2 is 2.32 bits per heavy atom. The lowest BCUT2D eigenvalue weighted by molar-refractivity contribution is 0.130. The second-order valence-corrected chi connectivity index (χ2v) is 5.26. The van der Waals surface area contributed by atoms with Crippen molar-refractivity contribution in [1.82, 2.24) is 15.1 Å². The molecule has 7 nitrogen and oxygen atoms in total. The van der Waals surface area contributed by atoms with E-state index < -0.39 is 6.10 Å². The van der Waals surface area contributed by atoms with Gasteiger partial charge in [0.15, 0.2) is 0 Å². The van der Waals surface area contributed by atoms with Crippen LogP contribution in [-0.4, -0.2) is 27.0 Å². The highest BCUT2D eigenvalue weighted by atomic mass is 16.4. The molecule has 0 spiro atoms. The Balaban J connectivity index is 1.84. The highest BCUT2D eigenvalue weighted by Gasteiger charge is 2.17. The van der Waals surface area contributed by atoms with Crippen molar-refractivity contribution in [2.45, 2.75) is 38.8 Å². The quantitative estimate of drug-likeness (QED) is 0.763. The smallest absolute Gasteiger partial charge is 0.320 e. The number of aryl methyl sites for hydroxylation is 2. The Hall–Kier alpha value is -2.28. The average Bonchev–Trinajstić information content (AvgIpc) is 3.09. The van der Waals surface area contributed by atoms with Crippen LogP contribution in [0, 0.1) is 0 Å². The Morgan fingerprint density at radius 3 is 2.91 bits per heavy atom. The number of carbonyl (C=O) groups is 1. The molecule has 0 unspecified atom stereocenters. The topological polar surface area (TPSA) is 92.3 Å². The van der Waals surface area contributed by atoms with Crippen molar-refractivity contribution in [2.75, 3.05) is 5.32 Å². The maximum absolute atomic E-state index is 12.0. The van der Waals surface area contributed by atoms with E-state index in [4.69, 9.17) is 4.42 Å². The SMILES string of the molecule is CCc1cc(NC(=O)N[C@@H](C)C[C@H](O)c2ccco2)n(C)n1. The summed E-state index contributed by atoms with van der Waals surface area (Å²) in [5.41, 5.74) is 0.916. The second-order valence-electron chi connectivity index (χ2n) is 5.26. The highest BCUT2D eigenvalue weighted by molar-refractivity contribution is 5.88. The molecule has 22 heavy (non-hydrogen) atoms. The van der Waals surface area contributed by atoms with Gasteiger partial charge in [-0.1, -0.05) is 6.92 Å². The predicted molar refractivity (Wildman–Crippen MR) is 82.5 cm³/mol. The van der Waals surface area contributed by atoms with Crippen LogP contribution in [0.2, 0.25) is 0 Å². The van der Waals surface area contributed by atoms with Crippen LogP contribution in [0.5, 0.6) is 0 Å². The van der Waals surface area contributed by atoms with E-state index >= 15 is 0 Å². The van der Waals surface area contributed by atoms with Crippen LogP contribution in [0.1, 0.15) is 37.8 Å². The molecular formula is C15H22N4O3. The van der Waals surface area contributed by atoms with Gasteiger partial charge in [0.1, 0.15) is 17.7 Å². The van der Waals surface area contributed by atoms with Crippen molar-refractivity contribution in [2.24, 2.45) is 7.05 Å². The third-order valence-corrected chi connectivity index (χ3v) is 3.36.